The van der Waals surface area contributed by atoms with Gasteiger partial charge in [-0.25, -0.2) is 0 Å². The Morgan fingerprint density at radius 2 is 1.77 bits per heavy atom. The van der Waals surface area contributed by atoms with Gasteiger partial charge in [-0.05, 0) is 44.1 Å². The minimum absolute atomic E-state index is 0.195. The Bertz CT molecular complexity index is 1040. The summed E-state index contributed by atoms with van der Waals surface area (Å²) in [6.45, 7) is 4.44. The maximum absolute atomic E-state index is 12.9. The molecule has 0 atom stereocenters. The zero-order valence-electron chi connectivity index (χ0n) is 18.2. The van der Waals surface area contributed by atoms with E-state index < -0.39 is 0 Å². The Labute approximate surface area is 183 Å². The molecule has 3 aromatic rings. The van der Waals surface area contributed by atoms with Crippen molar-refractivity contribution in [3.8, 4) is 5.75 Å². The Morgan fingerprint density at radius 3 is 2.55 bits per heavy atom. The Morgan fingerprint density at radius 1 is 1.00 bits per heavy atom. The lowest BCUT2D eigenvalue weighted by atomic mass is 10.1. The van der Waals surface area contributed by atoms with E-state index in [1.165, 1.54) is 0 Å². The highest BCUT2D eigenvalue weighted by Gasteiger charge is 2.20. The number of rotatable bonds is 6. The van der Waals surface area contributed by atoms with Crippen molar-refractivity contribution in [1.29, 1.82) is 0 Å². The molecule has 0 aliphatic carbocycles. The number of aromatic nitrogens is 2. The number of hydrogen-bond donors (Lipinski definition) is 1. The van der Waals surface area contributed by atoms with Crippen molar-refractivity contribution in [1.82, 2.24) is 20.4 Å². The van der Waals surface area contributed by atoms with E-state index in [2.05, 4.69) is 32.4 Å². The van der Waals surface area contributed by atoms with E-state index in [4.69, 9.17) is 4.74 Å². The smallest absolute Gasteiger partial charge is 0.272 e. The normalized spacial score (nSPS) is 15.0. The van der Waals surface area contributed by atoms with Crippen LogP contribution in [0.1, 0.15) is 22.5 Å². The maximum atomic E-state index is 12.9. The quantitative estimate of drug-likeness (QED) is 0.663. The summed E-state index contributed by atoms with van der Waals surface area (Å²) in [6.07, 6.45) is 1.82. The summed E-state index contributed by atoms with van der Waals surface area (Å²) in [6, 6.07) is 15.8. The van der Waals surface area contributed by atoms with Gasteiger partial charge in [0.05, 0.1) is 7.11 Å². The molecule has 1 amide bonds. The predicted molar refractivity (Wildman–Crippen MR) is 123 cm³/mol. The average Bonchev–Trinajstić information content (AvgIpc) is 3.03. The monoisotopic (exact) mass is 419 g/mol. The second-order valence-electron chi connectivity index (χ2n) is 7.92. The lowest BCUT2D eigenvalue weighted by molar-refractivity contribution is 0.0950. The van der Waals surface area contributed by atoms with E-state index in [0.717, 1.165) is 66.9 Å². The first-order valence-corrected chi connectivity index (χ1v) is 10.8. The summed E-state index contributed by atoms with van der Waals surface area (Å²) in [7, 11) is 3.80. The molecule has 0 saturated carbocycles. The Balaban J connectivity index is 1.49. The molecule has 0 spiro atoms. The Kier molecular flexibility index (Phi) is 6.62. The molecule has 1 saturated heterocycles. The largest absolute Gasteiger partial charge is 0.497 e. The summed E-state index contributed by atoms with van der Waals surface area (Å²) in [5, 5.41) is 13.6. The lowest BCUT2D eigenvalue weighted by Gasteiger charge is -2.23. The van der Waals surface area contributed by atoms with Gasteiger partial charge < -0.3 is 19.9 Å². The minimum Gasteiger partial charge on any atom is -0.497 e. The molecule has 31 heavy (non-hydrogen) atoms. The molecular weight excluding hydrogens is 390 g/mol. The summed E-state index contributed by atoms with van der Waals surface area (Å²) in [4.78, 5) is 17.5. The molecule has 2 aromatic carbocycles. The standard InChI is InChI=1S/C24H29N5O2/c1-28-14-5-15-29(17-16-28)23-21-7-4-3-6-20(21)22(26-27-23)24(30)25-13-12-18-8-10-19(31-2)11-9-18/h3-4,6-11H,5,12-17H2,1-2H3,(H,25,30). The second kappa shape index (κ2) is 9.75. The molecule has 7 nitrogen and oxygen atoms in total. The van der Waals surface area contributed by atoms with Crippen LogP contribution in [-0.2, 0) is 6.42 Å². The Hall–Kier alpha value is -3.19. The molecule has 4 rings (SSSR count). The molecule has 1 fully saturated rings. The summed E-state index contributed by atoms with van der Waals surface area (Å²) < 4.78 is 5.19. The highest BCUT2D eigenvalue weighted by molar-refractivity contribution is 6.07. The van der Waals surface area contributed by atoms with E-state index in [0.29, 0.717) is 12.2 Å². The van der Waals surface area contributed by atoms with Crippen LogP contribution >= 0.6 is 0 Å². The fraction of sp³-hybridized carbons (Fsp3) is 0.375. The number of benzene rings is 2. The molecule has 162 valence electrons. The number of nitrogens with zero attached hydrogens (tertiary/aromatic N) is 4. The molecule has 1 aromatic heterocycles. The van der Waals surface area contributed by atoms with Gasteiger partial charge >= 0.3 is 0 Å². The third-order valence-corrected chi connectivity index (χ3v) is 5.76. The number of carbonyl (C=O) groups excluding carboxylic acids is 1. The molecule has 7 heteroatoms. The number of methoxy groups -OCH3 is 1. The molecule has 2 heterocycles. The van der Waals surface area contributed by atoms with Crippen LogP contribution in [0.5, 0.6) is 5.75 Å². The molecule has 0 bridgehead atoms. The molecule has 0 radical (unpaired) electrons. The summed E-state index contributed by atoms with van der Waals surface area (Å²) in [5.74, 6) is 1.49. The van der Waals surface area contributed by atoms with Gasteiger partial charge in [0.15, 0.2) is 11.5 Å². The van der Waals surface area contributed by atoms with Crippen LogP contribution in [0.3, 0.4) is 0 Å². The highest BCUT2D eigenvalue weighted by Crippen LogP contribution is 2.26. The van der Waals surface area contributed by atoms with Crippen molar-refractivity contribution in [2.45, 2.75) is 12.8 Å². The number of nitrogens with one attached hydrogen (secondary N) is 1. The van der Waals surface area contributed by atoms with Gasteiger partial charge in [-0.15, -0.1) is 10.2 Å². The van der Waals surface area contributed by atoms with Crippen molar-refractivity contribution < 1.29 is 9.53 Å². The number of hydrogen-bond acceptors (Lipinski definition) is 6. The fourth-order valence-corrected chi connectivity index (χ4v) is 3.95. The number of carbonyl (C=O) groups is 1. The maximum Gasteiger partial charge on any atom is 0.272 e. The van der Waals surface area contributed by atoms with E-state index in [1.54, 1.807) is 7.11 Å². The van der Waals surface area contributed by atoms with Crippen molar-refractivity contribution in [3.63, 3.8) is 0 Å². The first kappa shape index (κ1) is 21.1. The van der Waals surface area contributed by atoms with Crippen LogP contribution in [0, 0.1) is 0 Å². The van der Waals surface area contributed by atoms with E-state index in [1.807, 2.05) is 48.5 Å². The van der Waals surface area contributed by atoms with Crippen LogP contribution < -0.4 is 15.0 Å². The van der Waals surface area contributed by atoms with Crippen molar-refractivity contribution in [2.24, 2.45) is 0 Å². The second-order valence-corrected chi connectivity index (χ2v) is 7.92. The van der Waals surface area contributed by atoms with Gasteiger partial charge in [-0.3, -0.25) is 4.79 Å². The van der Waals surface area contributed by atoms with Gasteiger partial charge in [0, 0.05) is 37.0 Å². The molecule has 1 aliphatic heterocycles. The zero-order chi connectivity index (χ0) is 21.6. The predicted octanol–water partition coefficient (Wildman–Crippen LogP) is 2.75. The van der Waals surface area contributed by atoms with Gasteiger partial charge in [0.2, 0.25) is 0 Å². The first-order chi connectivity index (χ1) is 15.2. The van der Waals surface area contributed by atoms with Gasteiger partial charge in [-0.2, -0.15) is 0 Å². The summed E-state index contributed by atoms with van der Waals surface area (Å²) in [5.41, 5.74) is 1.51. The van der Waals surface area contributed by atoms with E-state index in [-0.39, 0.29) is 5.91 Å². The highest BCUT2D eigenvalue weighted by atomic mass is 16.5. The van der Waals surface area contributed by atoms with Gasteiger partial charge in [0.25, 0.3) is 5.91 Å². The molecule has 1 N–H and O–H groups in total. The minimum atomic E-state index is -0.195. The van der Waals surface area contributed by atoms with Crippen LogP contribution in [0.15, 0.2) is 48.5 Å². The van der Waals surface area contributed by atoms with E-state index in [9.17, 15) is 4.79 Å². The third-order valence-electron chi connectivity index (χ3n) is 5.76. The third kappa shape index (κ3) is 4.94. The fourth-order valence-electron chi connectivity index (χ4n) is 3.95. The van der Waals surface area contributed by atoms with Crippen LogP contribution in [0.2, 0.25) is 0 Å². The topological polar surface area (TPSA) is 70.6 Å². The number of likely N-dealkylation sites (N-methyl/N-ethyl adjacent to an activating group) is 1. The van der Waals surface area contributed by atoms with Gasteiger partial charge in [0.1, 0.15) is 5.75 Å². The average molecular weight is 420 g/mol. The van der Waals surface area contributed by atoms with Crippen LogP contribution in [0.4, 0.5) is 5.82 Å². The number of anilines is 1. The van der Waals surface area contributed by atoms with E-state index >= 15 is 0 Å². The molecule has 1 aliphatic rings. The zero-order valence-corrected chi connectivity index (χ0v) is 18.2. The van der Waals surface area contributed by atoms with Crippen molar-refractivity contribution in [3.05, 3.63) is 59.8 Å². The number of ether oxygens (including phenoxy) is 1. The SMILES string of the molecule is COc1ccc(CCNC(=O)c2nnc(N3CCCN(C)CC3)c3ccccc23)cc1. The lowest BCUT2D eigenvalue weighted by Crippen LogP contribution is -2.31. The van der Waals surface area contributed by atoms with Crippen LogP contribution in [-0.4, -0.2) is 67.9 Å². The van der Waals surface area contributed by atoms with Gasteiger partial charge in [-0.1, -0.05) is 36.4 Å². The number of amides is 1. The van der Waals surface area contributed by atoms with Crippen molar-refractivity contribution in [2.75, 3.05) is 51.8 Å². The first-order valence-electron chi connectivity index (χ1n) is 10.8. The number of fused-ring (bicyclic) bond motifs is 1. The van der Waals surface area contributed by atoms with Crippen molar-refractivity contribution >= 4 is 22.5 Å². The van der Waals surface area contributed by atoms with Crippen LogP contribution in [0.25, 0.3) is 10.8 Å². The molecular formula is C24H29N5O2. The summed E-state index contributed by atoms with van der Waals surface area (Å²) >= 11 is 0. The molecule has 0 unspecified atom stereocenters.